The van der Waals surface area contributed by atoms with Gasteiger partial charge in [0.2, 0.25) is 5.95 Å². The summed E-state index contributed by atoms with van der Waals surface area (Å²) in [5.41, 5.74) is 6.37. The zero-order valence-corrected chi connectivity index (χ0v) is 9.28. The van der Waals surface area contributed by atoms with E-state index in [9.17, 15) is 0 Å². The van der Waals surface area contributed by atoms with Gasteiger partial charge in [-0.25, -0.2) is 4.98 Å². The minimum absolute atomic E-state index is 0.0623. The van der Waals surface area contributed by atoms with Crippen molar-refractivity contribution in [2.45, 2.75) is 25.2 Å². The van der Waals surface area contributed by atoms with Crippen LogP contribution in [0.1, 0.15) is 19.1 Å². The normalized spacial score (nSPS) is 24.5. The molecule has 0 aromatic carbocycles. The Labute approximate surface area is 98.0 Å². The van der Waals surface area contributed by atoms with Crippen molar-refractivity contribution < 1.29 is 9.84 Å². The topological polar surface area (TPSA) is 86.2 Å². The Kier molecular flexibility index (Phi) is 2.45. The summed E-state index contributed by atoms with van der Waals surface area (Å²) in [6.45, 7) is 0.0623. The third kappa shape index (κ3) is 1.75. The molecule has 3 N–H and O–H groups in total. The van der Waals surface area contributed by atoms with Crippen molar-refractivity contribution in [3.8, 4) is 0 Å². The van der Waals surface area contributed by atoms with Gasteiger partial charge in [-0.1, -0.05) is 0 Å². The number of nitrogen functional groups attached to an aromatic ring is 1. The van der Waals surface area contributed by atoms with Crippen LogP contribution < -0.4 is 5.73 Å². The summed E-state index contributed by atoms with van der Waals surface area (Å²) in [7, 11) is 0. The molecule has 2 aromatic heterocycles. The first-order valence-corrected chi connectivity index (χ1v) is 5.63. The molecule has 0 aliphatic carbocycles. The van der Waals surface area contributed by atoms with Crippen LogP contribution in [0.3, 0.4) is 0 Å². The van der Waals surface area contributed by atoms with Crippen LogP contribution in [0.4, 0.5) is 5.95 Å². The Hall–Kier alpha value is -1.66. The van der Waals surface area contributed by atoms with E-state index < -0.39 is 0 Å². The molecule has 3 rings (SSSR count). The average molecular weight is 234 g/mol. The van der Waals surface area contributed by atoms with Gasteiger partial charge in [-0.3, -0.25) is 0 Å². The summed E-state index contributed by atoms with van der Waals surface area (Å²) >= 11 is 0. The number of aliphatic hydroxyl groups excluding tert-OH is 1. The second kappa shape index (κ2) is 3.97. The van der Waals surface area contributed by atoms with E-state index in [1.54, 1.807) is 6.20 Å². The molecule has 0 radical (unpaired) electrons. The zero-order valence-electron chi connectivity index (χ0n) is 9.28. The molecule has 1 saturated heterocycles. The quantitative estimate of drug-likeness (QED) is 0.798. The molecular weight excluding hydrogens is 220 g/mol. The fraction of sp³-hybridized carbons (Fsp3) is 0.455. The summed E-state index contributed by atoms with van der Waals surface area (Å²) < 4.78 is 7.66. The van der Waals surface area contributed by atoms with Crippen LogP contribution in [-0.4, -0.2) is 32.4 Å². The summed E-state index contributed by atoms with van der Waals surface area (Å²) in [5, 5.41) is 10.00. The maximum atomic E-state index is 9.06. The van der Waals surface area contributed by atoms with E-state index in [1.165, 1.54) is 0 Å². The highest BCUT2D eigenvalue weighted by molar-refractivity contribution is 5.76. The summed E-state index contributed by atoms with van der Waals surface area (Å²) in [6, 6.07) is 1.93. The lowest BCUT2D eigenvalue weighted by Gasteiger charge is -2.14. The predicted molar refractivity (Wildman–Crippen MR) is 62.2 cm³/mol. The minimum atomic E-state index is -0.0726. The largest absolute Gasteiger partial charge is 0.394 e. The van der Waals surface area contributed by atoms with Gasteiger partial charge in [0, 0.05) is 17.8 Å². The Morgan fingerprint density at radius 3 is 3.18 bits per heavy atom. The Balaban J connectivity index is 1.98. The van der Waals surface area contributed by atoms with Crippen molar-refractivity contribution in [3.05, 3.63) is 18.5 Å². The van der Waals surface area contributed by atoms with Crippen LogP contribution in [0.25, 0.3) is 11.0 Å². The van der Waals surface area contributed by atoms with Gasteiger partial charge in [0.25, 0.3) is 0 Å². The second-order valence-corrected chi connectivity index (χ2v) is 4.20. The molecule has 0 bridgehead atoms. The lowest BCUT2D eigenvalue weighted by atomic mass is 10.2. The SMILES string of the molecule is Nc1ncc2ccn([C@H]3CC[C@@H](CO)O3)c2n1. The van der Waals surface area contributed by atoms with Gasteiger partial charge < -0.3 is 20.1 Å². The van der Waals surface area contributed by atoms with Crippen LogP contribution in [0.5, 0.6) is 0 Å². The number of rotatable bonds is 2. The first kappa shape index (κ1) is 10.5. The number of nitrogens with zero attached hydrogens (tertiary/aromatic N) is 3. The smallest absolute Gasteiger partial charge is 0.221 e. The van der Waals surface area contributed by atoms with E-state index in [4.69, 9.17) is 15.6 Å². The molecule has 1 aliphatic heterocycles. The molecule has 6 heteroatoms. The van der Waals surface area contributed by atoms with Crippen LogP contribution in [-0.2, 0) is 4.74 Å². The fourth-order valence-electron chi connectivity index (χ4n) is 2.21. The molecule has 1 fully saturated rings. The number of anilines is 1. The van der Waals surface area contributed by atoms with Crippen LogP contribution in [0.15, 0.2) is 18.5 Å². The molecule has 0 saturated carbocycles. The molecule has 0 spiro atoms. The van der Waals surface area contributed by atoms with Crippen LogP contribution in [0, 0.1) is 0 Å². The highest BCUT2D eigenvalue weighted by atomic mass is 16.5. The number of hydrogen-bond acceptors (Lipinski definition) is 5. The third-order valence-electron chi connectivity index (χ3n) is 3.07. The average Bonchev–Trinajstić information content (AvgIpc) is 2.93. The standard InChI is InChI=1S/C11H14N4O2/c12-11-13-5-7-3-4-15(10(7)14-11)9-2-1-8(6-16)17-9/h3-5,8-9,16H,1-2,6H2,(H2,12,13,14)/t8-,9+/m0/s1. The second-order valence-electron chi connectivity index (χ2n) is 4.20. The minimum Gasteiger partial charge on any atom is -0.394 e. The van der Waals surface area contributed by atoms with E-state index in [-0.39, 0.29) is 24.9 Å². The zero-order chi connectivity index (χ0) is 11.8. The van der Waals surface area contributed by atoms with Gasteiger partial charge in [0.15, 0.2) is 0 Å². The summed E-state index contributed by atoms with van der Waals surface area (Å²) in [4.78, 5) is 8.17. The van der Waals surface area contributed by atoms with Gasteiger partial charge in [-0.05, 0) is 18.9 Å². The van der Waals surface area contributed by atoms with Gasteiger partial charge >= 0.3 is 0 Å². The number of hydrogen-bond donors (Lipinski definition) is 2. The molecule has 17 heavy (non-hydrogen) atoms. The maximum Gasteiger partial charge on any atom is 0.221 e. The van der Waals surface area contributed by atoms with E-state index in [0.29, 0.717) is 0 Å². The van der Waals surface area contributed by atoms with Crippen molar-refractivity contribution in [2.75, 3.05) is 12.3 Å². The van der Waals surface area contributed by atoms with E-state index >= 15 is 0 Å². The van der Waals surface area contributed by atoms with Crippen molar-refractivity contribution in [2.24, 2.45) is 0 Å². The fourth-order valence-corrected chi connectivity index (χ4v) is 2.21. The Bertz CT molecular complexity index is 539. The number of fused-ring (bicyclic) bond motifs is 1. The predicted octanol–water partition coefficient (Wildman–Crippen LogP) is 0.683. The summed E-state index contributed by atoms with van der Waals surface area (Å²) in [5.74, 6) is 0.258. The van der Waals surface area contributed by atoms with Gasteiger partial charge in [0.1, 0.15) is 11.9 Å². The lowest BCUT2D eigenvalue weighted by molar-refractivity contribution is -0.0204. The highest BCUT2D eigenvalue weighted by Gasteiger charge is 2.26. The van der Waals surface area contributed by atoms with E-state index in [1.807, 2.05) is 16.8 Å². The molecule has 0 amide bonds. The molecule has 2 atom stereocenters. The van der Waals surface area contributed by atoms with Gasteiger partial charge in [-0.2, -0.15) is 4.98 Å². The van der Waals surface area contributed by atoms with Crippen LogP contribution in [0.2, 0.25) is 0 Å². The van der Waals surface area contributed by atoms with Gasteiger partial charge in [0.05, 0.1) is 12.7 Å². The van der Waals surface area contributed by atoms with E-state index in [2.05, 4.69) is 9.97 Å². The maximum absolute atomic E-state index is 9.06. The Morgan fingerprint density at radius 2 is 2.41 bits per heavy atom. The van der Waals surface area contributed by atoms with Gasteiger partial charge in [-0.15, -0.1) is 0 Å². The number of aliphatic hydroxyl groups is 1. The third-order valence-corrected chi connectivity index (χ3v) is 3.07. The number of aromatic nitrogens is 3. The van der Waals surface area contributed by atoms with Crippen molar-refractivity contribution in [1.29, 1.82) is 0 Å². The van der Waals surface area contributed by atoms with Crippen molar-refractivity contribution >= 4 is 17.0 Å². The van der Waals surface area contributed by atoms with Crippen molar-refractivity contribution in [1.82, 2.24) is 14.5 Å². The molecule has 1 aliphatic rings. The monoisotopic (exact) mass is 234 g/mol. The Morgan fingerprint density at radius 1 is 1.53 bits per heavy atom. The molecule has 90 valence electrons. The first-order chi connectivity index (χ1) is 8.28. The number of nitrogens with two attached hydrogens (primary N) is 1. The molecule has 0 unspecified atom stereocenters. The van der Waals surface area contributed by atoms with Crippen molar-refractivity contribution in [3.63, 3.8) is 0 Å². The lowest BCUT2D eigenvalue weighted by Crippen LogP contribution is -2.14. The molecule has 6 nitrogen and oxygen atoms in total. The van der Waals surface area contributed by atoms with E-state index in [0.717, 1.165) is 23.9 Å². The molecule has 3 heterocycles. The highest BCUT2D eigenvalue weighted by Crippen LogP contribution is 2.30. The summed E-state index contributed by atoms with van der Waals surface area (Å²) in [6.07, 6.45) is 5.21. The number of ether oxygens (including phenoxy) is 1. The molecule has 2 aromatic rings. The molecular formula is C11H14N4O2. The first-order valence-electron chi connectivity index (χ1n) is 5.63. The van der Waals surface area contributed by atoms with Crippen LogP contribution >= 0.6 is 0 Å².